The summed E-state index contributed by atoms with van der Waals surface area (Å²) < 4.78 is 1.43. The van der Waals surface area contributed by atoms with Crippen LogP contribution in [0.25, 0.3) is 11.0 Å². The third-order valence-electron chi connectivity index (χ3n) is 8.05. The van der Waals surface area contributed by atoms with Crippen LogP contribution in [-0.4, -0.2) is 128 Å². The zero-order valence-electron chi connectivity index (χ0n) is 25.4. The molecule has 8 N–H and O–H groups in total. The summed E-state index contributed by atoms with van der Waals surface area (Å²) in [7, 11) is 1.64. The number of β-lactam (4-membered cyclic amide) rings is 1. The van der Waals surface area contributed by atoms with E-state index in [4.69, 9.17) is 11.5 Å². The second kappa shape index (κ2) is 12.4. The number of carbonyl (C=O) groups is 6. The molecule has 48 heavy (non-hydrogen) atoms. The number of hydrogen-bond acceptors (Lipinski definition) is 14. The van der Waals surface area contributed by atoms with E-state index < -0.39 is 52.7 Å². The van der Waals surface area contributed by atoms with E-state index in [2.05, 4.69) is 36.1 Å². The number of fused-ring (bicyclic) bond motifs is 2. The molecule has 2 unspecified atom stereocenters. The summed E-state index contributed by atoms with van der Waals surface area (Å²) >= 11 is 2.44. The first-order chi connectivity index (χ1) is 22.8. The number of nitrogen functional groups attached to an aromatic ring is 1. The van der Waals surface area contributed by atoms with Gasteiger partial charge in [-0.1, -0.05) is 17.8 Å². The summed E-state index contributed by atoms with van der Waals surface area (Å²) in [5.74, 6) is -4.54. The number of aryl methyl sites for hydroxylation is 1. The highest BCUT2D eigenvalue weighted by molar-refractivity contribution is 8.01. The number of benzene rings is 1. The highest BCUT2D eigenvalue weighted by atomic mass is 32.2. The van der Waals surface area contributed by atoms with Crippen molar-refractivity contribution in [2.24, 2.45) is 12.8 Å². The number of thioether (sulfide) groups is 2. The molecular formula is C26H29N13O7S2. The number of likely N-dealkylation sites (N-methyl/N-ethyl adjacent to an activating group) is 1. The summed E-state index contributed by atoms with van der Waals surface area (Å²) in [4.78, 5) is 88.4. The fourth-order valence-electron chi connectivity index (χ4n) is 5.49. The van der Waals surface area contributed by atoms with Crippen LogP contribution in [0.3, 0.4) is 0 Å². The number of piperazine rings is 1. The molecule has 0 aliphatic carbocycles. The van der Waals surface area contributed by atoms with Crippen LogP contribution >= 0.6 is 23.5 Å². The van der Waals surface area contributed by atoms with Crippen LogP contribution in [0.15, 0.2) is 34.6 Å². The normalized spacial score (nSPS) is 20.8. The van der Waals surface area contributed by atoms with Crippen molar-refractivity contribution in [2.75, 3.05) is 36.9 Å². The number of rotatable bonds is 9. The maximum absolute atomic E-state index is 14.0. The molecule has 2 fully saturated rings. The van der Waals surface area contributed by atoms with Gasteiger partial charge in [-0.3, -0.25) is 34.7 Å². The first-order valence-corrected chi connectivity index (χ1v) is 16.4. The van der Waals surface area contributed by atoms with Crippen molar-refractivity contribution >= 4 is 76.1 Å². The van der Waals surface area contributed by atoms with Gasteiger partial charge >= 0.3 is 23.8 Å². The average molecular weight is 700 g/mol. The topological polar surface area (TPSA) is 281 Å². The first-order valence-electron chi connectivity index (χ1n) is 14.4. The summed E-state index contributed by atoms with van der Waals surface area (Å²) in [5.41, 5.74) is 11.1. The maximum atomic E-state index is 14.0. The first kappa shape index (κ1) is 32.7. The van der Waals surface area contributed by atoms with Gasteiger partial charge in [0.1, 0.15) is 17.1 Å². The van der Waals surface area contributed by atoms with Crippen LogP contribution in [-0.2, 0) is 36.7 Å². The van der Waals surface area contributed by atoms with Gasteiger partial charge in [-0.2, -0.15) is 0 Å². The fraction of sp³-hybridized carbons (Fsp3) is 0.385. The second-order valence-electron chi connectivity index (χ2n) is 10.9. The zero-order chi connectivity index (χ0) is 34.5. The van der Waals surface area contributed by atoms with Gasteiger partial charge < -0.3 is 31.4 Å². The van der Waals surface area contributed by atoms with Gasteiger partial charge in [0, 0.05) is 43.8 Å². The molecule has 3 aromatic rings. The molecule has 3 atom stereocenters. The Hall–Kier alpha value is -5.22. The number of imide groups is 1. The largest absolute Gasteiger partial charge is 0.477 e. The Labute approximate surface area is 279 Å². The Balaban J connectivity index is 1.25. The Morgan fingerprint density at radius 1 is 1.21 bits per heavy atom. The highest BCUT2D eigenvalue weighted by Gasteiger charge is 2.56. The number of hydrogen-bond donors (Lipinski definition) is 6. The summed E-state index contributed by atoms with van der Waals surface area (Å²) in [5, 5.41) is 25.8. The summed E-state index contributed by atoms with van der Waals surface area (Å²) in [6.07, 6.45) is 0. The molecule has 2 aromatic heterocycles. The minimum atomic E-state index is -2.40. The van der Waals surface area contributed by atoms with E-state index in [1.807, 2.05) is 0 Å². The van der Waals surface area contributed by atoms with Crippen molar-refractivity contribution in [1.82, 2.24) is 55.5 Å². The quantitative estimate of drug-likeness (QED) is 0.0593. The number of aromatic amines is 1. The molecule has 3 aliphatic rings. The van der Waals surface area contributed by atoms with E-state index in [9.17, 15) is 33.9 Å². The number of aliphatic carboxylic acids is 1. The van der Waals surface area contributed by atoms with E-state index in [-0.39, 0.29) is 48.3 Å². The lowest BCUT2D eigenvalue weighted by molar-refractivity contribution is -0.153. The molecule has 20 nitrogen and oxygen atoms in total. The lowest BCUT2D eigenvalue weighted by Crippen LogP contribution is -2.74. The summed E-state index contributed by atoms with van der Waals surface area (Å²) in [6.45, 7) is 1.89. The van der Waals surface area contributed by atoms with Crippen LogP contribution in [0.1, 0.15) is 12.5 Å². The van der Waals surface area contributed by atoms with E-state index in [1.54, 1.807) is 14.0 Å². The molecular weight excluding hydrogens is 671 g/mol. The third kappa shape index (κ3) is 5.56. The number of carbonyl (C=O) groups excluding carboxylic acids is 5. The van der Waals surface area contributed by atoms with E-state index in [0.29, 0.717) is 26.7 Å². The van der Waals surface area contributed by atoms with Crippen molar-refractivity contribution in [3.63, 3.8) is 0 Å². The zero-order valence-corrected chi connectivity index (χ0v) is 27.0. The number of anilines is 1. The van der Waals surface area contributed by atoms with Crippen molar-refractivity contribution in [1.29, 1.82) is 0 Å². The van der Waals surface area contributed by atoms with Crippen LogP contribution in [0.4, 0.5) is 10.7 Å². The van der Waals surface area contributed by atoms with E-state index in [0.717, 1.165) is 4.90 Å². The van der Waals surface area contributed by atoms with Crippen LogP contribution in [0.5, 0.6) is 0 Å². The lowest BCUT2D eigenvalue weighted by atomic mass is 9.96. The van der Waals surface area contributed by atoms with Crippen molar-refractivity contribution in [3.05, 3.63) is 35.0 Å². The minimum Gasteiger partial charge on any atom is -0.477 e. The van der Waals surface area contributed by atoms with E-state index in [1.165, 1.54) is 51.3 Å². The second-order valence-corrected chi connectivity index (χ2v) is 13.0. The molecule has 3 aliphatic heterocycles. The number of urea groups is 1. The predicted octanol–water partition coefficient (Wildman–Crippen LogP) is -2.29. The van der Waals surface area contributed by atoms with Gasteiger partial charge in [-0.25, -0.2) is 19.3 Å². The lowest BCUT2D eigenvalue weighted by Gasteiger charge is -2.50. The van der Waals surface area contributed by atoms with Gasteiger partial charge in [0.05, 0.1) is 11.0 Å². The molecule has 0 radical (unpaired) electrons. The van der Waals surface area contributed by atoms with Crippen LogP contribution < -0.4 is 22.1 Å². The fourth-order valence-corrected chi connectivity index (χ4v) is 7.82. The number of carboxylic acid groups (broad SMARTS) is 1. The Bertz CT molecular complexity index is 1910. The number of nitrogens with one attached hydrogen (secondary N) is 3. The Kier molecular flexibility index (Phi) is 8.47. The smallest absolute Gasteiger partial charge is 0.352 e. The molecule has 5 heterocycles. The number of H-pyrrole nitrogens is 1. The number of amides is 6. The summed E-state index contributed by atoms with van der Waals surface area (Å²) in [6, 6.07) is 2.01. The third-order valence-corrected chi connectivity index (χ3v) is 10.5. The van der Waals surface area contributed by atoms with Crippen LogP contribution in [0, 0.1) is 0 Å². The molecule has 6 amide bonds. The standard InChI is InChI=1S/C26H29N13O7S2/c1-3-37-6-7-38(19(42)18(37)41)24(46)32-26(28,12-4-5-13-14(8-12)30-23(27)29-13)22(45)31-15-17(40)39-16(21(43)44)11(9-47-20(15)39)10-48-25-33-34-35-36(25)2/h4-5,8,15,20H,3,6-7,9-10,28H2,1-2H3,(H,31,45)(H,32,46)(H,43,44)(H3,27,29,30)/t15?,20-,26?/m0/s1. The molecule has 22 heteroatoms. The van der Waals surface area contributed by atoms with E-state index >= 15 is 0 Å². The van der Waals surface area contributed by atoms with Gasteiger partial charge in [0.15, 0.2) is 11.6 Å². The maximum Gasteiger partial charge on any atom is 0.352 e. The number of aromatic nitrogens is 6. The van der Waals surface area contributed by atoms with Crippen molar-refractivity contribution < 1.29 is 33.9 Å². The molecule has 6 rings (SSSR count). The molecule has 2 saturated heterocycles. The van der Waals surface area contributed by atoms with Gasteiger partial charge in [-0.15, -0.1) is 16.9 Å². The molecule has 1 aromatic carbocycles. The minimum absolute atomic E-state index is 0.0269. The Morgan fingerprint density at radius 2 is 1.98 bits per heavy atom. The number of nitrogens with zero attached hydrogens (tertiary/aromatic N) is 8. The SMILES string of the molecule is CCN1CCN(C(=O)NC(N)(C(=O)NC2C(=O)N3C(C(=O)O)=C(CSc4nnnn4C)CS[C@@H]23)c2ccc3nc(N)[nH]c3c2)C(=O)C1=O. The van der Waals surface area contributed by atoms with Gasteiger partial charge in [0.2, 0.25) is 5.16 Å². The number of carboxylic acids is 1. The monoisotopic (exact) mass is 699 g/mol. The number of nitrogens with two attached hydrogens (primary N) is 2. The van der Waals surface area contributed by atoms with Crippen molar-refractivity contribution in [3.8, 4) is 0 Å². The highest BCUT2D eigenvalue weighted by Crippen LogP contribution is 2.41. The number of imidazole rings is 1. The molecule has 0 bridgehead atoms. The average Bonchev–Trinajstić information content (AvgIpc) is 3.65. The predicted molar refractivity (Wildman–Crippen MR) is 168 cm³/mol. The van der Waals surface area contributed by atoms with Crippen LogP contribution in [0.2, 0.25) is 0 Å². The molecule has 0 saturated carbocycles. The number of tetrazole rings is 1. The Morgan fingerprint density at radius 3 is 2.67 bits per heavy atom. The molecule has 252 valence electrons. The van der Waals surface area contributed by atoms with Gasteiger partial charge in [0.25, 0.3) is 11.8 Å². The van der Waals surface area contributed by atoms with Crippen molar-refractivity contribution in [2.45, 2.75) is 29.2 Å². The molecule has 0 spiro atoms. The van der Waals surface area contributed by atoms with Gasteiger partial charge in [-0.05, 0) is 35.1 Å².